The van der Waals surface area contributed by atoms with Gasteiger partial charge >= 0.3 is 0 Å². The van der Waals surface area contributed by atoms with Crippen LogP contribution in [-0.2, 0) is 11.2 Å². The maximum Gasteiger partial charge on any atom is 0.274 e. The topological polar surface area (TPSA) is 115 Å². The molecule has 0 unspecified atom stereocenters. The van der Waals surface area contributed by atoms with Crippen molar-refractivity contribution in [2.75, 3.05) is 11.6 Å². The second-order valence-corrected chi connectivity index (χ2v) is 6.78. The maximum absolute atomic E-state index is 12.6. The zero-order valence-corrected chi connectivity index (χ0v) is 16.1. The Morgan fingerprint density at radius 1 is 1.30 bits per heavy atom. The molecule has 0 aliphatic heterocycles. The summed E-state index contributed by atoms with van der Waals surface area (Å²) in [7, 11) is 0. The molecule has 2 aromatic heterocycles. The fourth-order valence-electron chi connectivity index (χ4n) is 2.84. The molecule has 9 nitrogen and oxygen atoms in total. The van der Waals surface area contributed by atoms with E-state index in [0.717, 1.165) is 11.3 Å². The van der Waals surface area contributed by atoms with Gasteiger partial charge in [-0.3, -0.25) is 14.9 Å². The van der Waals surface area contributed by atoms with Crippen molar-refractivity contribution < 1.29 is 9.72 Å². The van der Waals surface area contributed by atoms with Crippen LogP contribution in [-0.4, -0.2) is 36.7 Å². The number of thioether (sulfide) groups is 1. The third-order valence-corrected chi connectivity index (χ3v) is 4.86. The maximum atomic E-state index is 12.6. The van der Waals surface area contributed by atoms with Gasteiger partial charge in [-0.05, 0) is 33.1 Å². The lowest BCUT2D eigenvalue weighted by Gasteiger charge is -2.12. The minimum absolute atomic E-state index is 0.0320. The summed E-state index contributed by atoms with van der Waals surface area (Å²) >= 11 is 1.42. The van der Waals surface area contributed by atoms with E-state index in [1.165, 1.54) is 17.8 Å². The number of amides is 1. The number of anilines is 1. The molecule has 1 amide bonds. The summed E-state index contributed by atoms with van der Waals surface area (Å²) in [6, 6.07) is 4.60. The van der Waals surface area contributed by atoms with Crippen molar-refractivity contribution in [2.45, 2.75) is 32.3 Å². The molecule has 0 saturated carbocycles. The second kappa shape index (κ2) is 7.31. The van der Waals surface area contributed by atoms with Crippen LogP contribution in [0.25, 0.3) is 5.78 Å². The Balaban J connectivity index is 1.88. The van der Waals surface area contributed by atoms with Crippen LogP contribution >= 0.6 is 11.8 Å². The normalized spacial score (nSPS) is 11.0. The predicted molar refractivity (Wildman–Crippen MR) is 102 cm³/mol. The van der Waals surface area contributed by atoms with E-state index in [1.807, 2.05) is 20.1 Å². The first kappa shape index (κ1) is 18.8. The monoisotopic (exact) mass is 386 g/mol. The van der Waals surface area contributed by atoms with Gasteiger partial charge in [0.05, 0.1) is 22.6 Å². The van der Waals surface area contributed by atoms with Gasteiger partial charge < -0.3 is 5.32 Å². The van der Waals surface area contributed by atoms with Crippen molar-refractivity contribution in [3.05, 3.63) is 50.8 Å². The molecule has 0 spiro atoms. The third-order valence-electron chi connectivity index (χ3n) is 4.33. The van der Waals surface area contributed by atoms with Gasteiger partial charge in [-0.15, -0.1) is 5.10 Å². The van der Waals surface area contributed by atoms with E-state index in [9.17, 15) is 14.9 Å². The lowest BCUT2D eigenvalue weighted by Crippen LogP contribution is -2.18. The number of hydrogen-bond donors (Lipinski definition) is 1. The number of nitro groups is 1. The fourth-order valence-corrected chi connectivity index (χ4v) is 3.18. The standard InChI is InChI=1S/C17H18N6O3S/c1-9-13(6-5-7-14(9)23(25)26)19-15(24)8-12-10(2)18-16-20-17(27-4)21-22(16)11(12)3/h5-7H,8H2,1-4H3,(H,19,24). The first-order valence-electron chi connectivity index (χ1n) is 8.12. The molecule has 3 aromatic rings. The van der Waals surface area contributed by atoms with Crippen LogP contribution < -0.4 is 5.32 Å². The van der Waals surface area contributed by atoms with E-state index in [-0.39, 0.29) is 18.0 Å². The van der Waals surface area contributed by atoms with Gasteiger partial charge in [0.15, 0.2) is 0 Å². The molecule has 1 aromatic carbocycles. The van der Waals surface area contributed by atoms with E-state index < -0.39 is 4.92 Å². The molecule has 3 rings (SSSR count). The average Bonchev–Trinajstić information content (AvgIpc) is 3.03. The molecule has 27 heavy (non-hydrogen) atoms. The SMILES string of the molecule is CSc1nc2nc(C)c(CC(=O)Nc3cccc([N+](=O)[O-])c3C)c(C)n2n1. The summed E-state index contributed by atoms with van der Waals surface area (Å²) in [5.41, 5.74) is 3.04. The zero-order chi connectivity index (χ0) is 19.7. The molecule has 0 aliphatic carbocycles. The molecule has 0 saturated heterocycles. The highest BCUT2D eigenvalue weighted by Crippen LogP contribution is 2.25. The van der Waals surface area contributed by atoms with Gasteiger partial charge in [0.1, 0.15) is 0 Å². The first-order chi connectivity index (χ1) is 12.8. The number of aryl methyl sites for hydroxylation is 2. The van der Waals surface area contributed by atoms with Crippen molar-refractivity contribution in [3.8, 4) is 0 Å². The molecular weight excluding hydrogens is 368 g/mol. The van der Waals surface area contributed by atoms with Crippen LogP contribution in [0.15, 0.2) is 23.4 Å². The van der Waals surface area contributed by atoms with Crippen LogP contribution in [0.4, 0.5) is 11.4 Å². The molecule has 0 radical (unpaired) electrons. The molecular formula is C17H18N6O3S. The number of carbonyl (C=O) groups is 1. The second-order valence-electron chi connectivity index (χ2n) is 6.00. The summed E-state index contributed by atoms with van der Waals surface area (Å²) in [6.45, 7) is 5.29. The highest BCUT2D eigenvalue weighted by Gasteiger charge is 2.18. The quantitative estimate of drug-likeness (QED) is 0.407. The Labute approximate surface area is 159 Å². The number of hydrogen-bond acceptors (Lipinski definition) is 7. The van der Waals surface area contributed by atoms with Crippen molar-refractivity contribution >= 4 is 34.8 Å². The summed E-state index contributed by atoms with van der Waals surface area (Å²) in [5.74, 6) is 0.212. The van der Waals surface area contributed by atoms with E-state index >= 15 is 0 Å². The van der Waals surface area contributed by atoms with Crippen molar-refractivity contribution in [3.63, 3.8) is 0 Å². The Kier molecular flexibility index (Phi) is 5.08. The summed E-state index contributed by atoms with van der Waals surface area (Å²) < 4.78 is 1.63. The minimum Gasteiger partial charge on any atom is -0.325 e. The number of nitro benzene ring substituents is 1. The van der Waals surface area contributed by atoms with Gasteiger partial charge in [0, 0.05) is 23.0 Å². The van der Waals surface area contributed by atoms with Crippen LogP contribution in [0.2, 0.25) is 0 Å². The number of nitrogens with one attached hydrogen (secondary N) is 1. The van der Waals surface area contributed by atoms with Crippen LogP contribution in [0, 0.1) is 30.9 Å². The summed E-state index contributed by atoms with van der Waals surface area (Å²) in [5, 5.41) is 18.8. The Morgan fingerprint density at radius 2 is 2.04 bits per heavy atom. The molecule has 0 fully saturated rings. The molecule has 0 bridgehead atoms. The van der Waals surface area contributed by atoms with Gasteiger partial charge in [0.25, 0.3) is 11.5 Å². The van der Waals surface area contributed by atoms with Crippen LogP contribution in [0.1, 0.15) is 22.5 Å². The first-order valence-corrected chi connectivity index (χ1v) is 9.35. The molecule has 1 N–H and O–H groups in total. The average molecular weight is 386 g/mol. The van der Waals surface area contributed by atoms with Gasteiger partial charge in [0.2, 0.25) is 11.1 Å². The Bertz CT molecular complexity index is 1060. The largest absolute Gasteiger partial charge is 0.325 e. The molecule has 140 valence electrons. The summed E-state index contributed by atoms with van der Waals surface area (Å²) in [4.78, 5) is 31.9. The number of carbonyl (C=O) groups excluding carboxylic acids is 1. The highest BCUT2D eigenvalue weighted by molar-refractivity contribution is 7.98. The zero-order valence-electron chi connectivity index (χ0n) is 15.3. The molecule has 10 heteroatoms. The van der Waals surface area contributed by atoms with Gasteiger partial charge in [-0.25, -0.2) is 9.50 Å². The lowest BCUT2D eigenvalue weighted by atomic mass is 10.1. The Hall–Kier alpha value is -3.01. The van der Waals surface area contributed by atoms with E-state index in [4.69, 9.17) is 0 Å². The molecule has 0 atom stereocenters. The van der Waals surface area contributed by atoms with Crippen molar-refractivity contribution in [2.24, 2.45) is 0 Å². The number of nitrogens with zero attached hydrogens (tertiary/aromatic N) is 5. The number of benzene rings is 1. The highest BCUT2D eigenvalue weighted by atomic mass is 32.2. The van der Waals surface area contributed by atoms with E-state index in [2.05, 4.69) is 20.4 Å². The van der Waals surface area contributed by atoms with Crippen molar-refractivity contribution in [1.29, 1.82) is 0 Å². The van der Waals surface area contributed by atoms with E-state index in [1.54, 1.807) is 23.6 Å². The predicted octanol–water partition coefficient (Wildman–Crippen LogP) is 2.86. The summed E-state index contributed by atoms with van der Waals surface area (Å²) in [6.07, 6.45) is 1.96. The van der Waals surface area contributed by atoms with Crippen molar-refractivity contribution in [1.82, 2.24) is 19.6 Å². The molecule has 2 heterocycles. The van der Waals surface area contributed by atoms with Crippen LogP contribution in [0.5, 0.6) is 0 Å². The third kappa shape index (κ3) is 3.61. The fraction of sp³-hybridized carbons (Fsp3) is 0.294. The smallest absolute Gasteiger partial charge is 0.274 e. The Morgan fingerprint density at radius 3 is 2.70 bits per heavy atom. The minimum atomic E-state index is -0.467. The lowest BCUT2D eigenvalue weighted by molar-refractivity contribution is -0.385. The van der Waals surface area contributed by atoms with Gasteiger partial charge in [-0.1, -0.05) is 17.8 Å². The van der Waals surface area contributed by atoms with E-state index in [0.29, 0.717) is 27.9 Å². The number of rotatable bonds is 5. The van der Waals surface area contributed by atoms with Gasteiger partial charge in [-0.2, -0.15) is 4.98 Å². The number of fused-ring (bicyclic) bond motifs is 1. The molecule has 0 aliphatic rings. The number of aromatic nitrogens is 4. The van der Waals surface area contributed by atoms with Crippen LogP contribution in [0.3, 0.4) is 0 Å².